The van der Waals surface area contributed by atoms with E-state index in [1.807, 2.05) is 18.2 Å². The van der Waals surface area contributed by atoms with Crippen LogP contribution in [0.1, 0.15) is 25.0 Å². The molecule has 1 atom stereocenters. The van der Waals surface area contributed by atoms with E-state index in [9.17, 15) is 5.26 Å². The van der Waals surface area contributed by atoms with Gasteiger partial charge in [0.1, 0.15) is 24.2 Å². The quantitative estimate of drug-likeness (QED) is 0.206. The summed E-state index contributed by atoms with van der Waals surface area (Å²) in [4.78, 5) is 0. The summed E-state index contributed by atoms with van der Waals surface area (Å²) in [5.74, 6) is 1.57. The number of ether oxygens (including phenoxy) is 1. The Morgan fingerprint density at radius 1 is 0.950 bits per heavy atom. The third-order valence-electron chi connectivity index (χ3n) is 6.40. The van der Waals surface area contributed by atoms with Crippen LogP contribution in [0.4, 0.5) is 0 Å². The van der Waals surface area contributed by atoms with Crippen molar-refractivity contribution >= 4 is 35.8 Å². The van der Waals surface area contributed by atoms with E-state index in [-0.39, 0.29) is 11.6 Å². The Bertz CT molecular complexity index is 1340. The molecule has 0 radical (unpaired) electrons. The molecule has 1 heterocycles. The van der Waals surface area contributed by atoms with Crippen LogP contribution in [0.5, 0.6) is 11.5 Å². The van der Waals surface area contributed by atoms with Crippen LogP contribution in [0.2, 0.25) is 58.9 Å². The molecule has 218 valence electrons. The first kappa shape index (κ1) is 32.2. The van der Waals surface area contributed by atoms with Crippen molar-refractivity contribution in [1.82, 2.24) is 9.55 Å². The number of rotatable bonds is 13. The van der Waals surface area contributed by atoms with Crippen LogP contribution in [0, 0.1) is 11.3 Å². The summed E-state index contributed by atoms with van der Waals surface area (Å²) in [6.45, 7) is 26.0. The lowest BCUT2D eigenvalue weighted by atomic mass is 9.94. The summed E-state index contributed by atoms with van der Waals surface area (Å²) in [7, 11) is -5.17. The summed E-state index contributed by atoms with van der Waals surface area (Å²) in [5.41, 5.74) is 2.98. The lowest BCUT2D eigenvalue weighted by Crippen LogP contribution is -2.49. The molecule has 1 unspecified atom stereocenters. The van der Waals surface area contributed by atoms with E-state index in [1.54, 1.807) is 6.07 Å². The molecule has 3 aromatic rings. The van der Waals surface area contributed by atoms with E-state index >= 15 is 0 Å². The molecule has 0 saturated carbocycles. The number of fused-ring (bicyclic) bond motifs is 1. The first-order chi connectivity index (χ1) is 18.4. The van der Waals surface area contributed by atoms with Crippen molar-refractivity contribution in [3.63, 3.8) is 0 Å². The van der Waals surface area contributed by atoms with Gasteiger partial charge in [-0.25, -0.2) is 0 Å². The van der Waals surface area contributed by atoms with Crippen LogP contribution >= 0.6 is 0 Å². The van der Waals surface area contributed by atoms with Crippen molar-refractivity contribution in [2.45, 2.75) is 90.8 Å². The van der Waals surface area contributed by atoms with Crippen LogP contribution in [0.25, 0.3) is 10.9 Å². The second kappa shape index (κ2) is 12.2. The Labute approximate surface area is 245 Å². The van der Waals surface area contributed by atoms with Crippen LogP contribution in [-0.4, -0.2) is 53.9 Å². The Morgan fingerprint density at radius 2 is 1.62 bits per heavy atom. The molecule has 0 spiro atoms. The van der Waals surface area contributed by atoms with Gasteiger partial charge in [-0.1, -0.05) is 31.8 Å². The number of para-hydroxylation sites is 1. The SMILES string of the molecule is CC(C)(Cc1cn([Si](C)(C)C)c2cc(O[Si](C)(C)C)ccc12)NCC(COc1ccccc1C#N)O[Si](C)(C)C. The van der Waals surface area contributed by atoms with Gasteiger partial charge in [0.05, 0.1) is 11.7 Å². The largest absolute Gasteiger partial charge is 0.544 e. The number of hydrogen-bond acceptors (Lipinski definition) is 5. The molecule has 0 aliphatic carbocycles. The fraction of sp³-hybridized carbons (Fsp3) is 0.516. The number of nitriles is 1. The molecular weight excluding hydrogens is 547 g/mol. The van der Waals surface area contributed by atoms with Gasteiger partial charge in [0.2, 0.25) is 8.32 Å². The maximum atomic E-state index is 9.44. The standard InChI is InChI=1S/C31H49N3O3Si3/c1-31(2,33-21-27(37-40(9,10)11)23-35-30-15-13-12-14-24(30)20-32)19-25-22-34(38(3,4)5)29-18-26(16-17-28(25)29)36-39(6,7)8/h12-18,22,27,33H,19,21,23H2,1-11H3. The molecule has 0 fully saturated rings. The number of benzene rings is 2. The molecule has 0 aliphatic heterocycles. The highest BCUT2D eigenvalue weighted by Gasteiger charge is 2.28. The van der Waals surface area contributed by atoms with Gasteiger partial charge in [-0.2, -0.15) is 5.26 Å². The summed E-state index contributed by atoms with van der Waals surface area (Å²) in [6, 6.07) is 16.2. The Balaban J connectivity index is 1.80. The van der Waals surface area contributed by atoms with Gasteiger partial charge in [-0.15, -0.1) is 0 Å². The second-order valence-corrected chi connectivity index (χ2v) is 28.0. The molecule has 1 N–H and O–H groups in total. The molecule has 0 amide bonds. The number of hydrogen-bond donors (Lipinski definition) is 1. The van der Waals surface area contributed by atoms with E-state index < -0.39 is 24.9 Å². The first-order valence-corrected chi connectivity index (χ1v) is 24.5. The van der Waals surface area contributed by atoms with Crippen molar-refractivity contribution in [2.24, 2.45) is 0 Å². The maximum Gasteiger partial charge on any atom is 0.242 e. The van der Waals surface area contributed by atoms with Crippen molar-refractivity contribution in [3.05, 3.63) is 59.8 Å². The zero-order chi connectivity index (χ0) is 29.9. The average Bonchev–Trinajstić information content (AvgIpc) is 3.16. The minimum Gasteiger partial charge on any atom is -0.544 e. The topological polar surface area (TPSA) is 68.4 Å². The van der Waals surface area contributed by atoms with Crippen molar-refractivity contribution < 1.29 is 13.6 Å². The Kier molecular flexibility index (Phi) is 9.85. The fourth-order valence-electron chi connectivity index (χ4n) is 4.82. The lowest BCUT2D eigenvalue weighted by Gasteiger charge is -2.32. The van der Waals surface area contributed by atoms with E-state index in [4.69, 9.17) is 13.6 Å². The molecule has 1 aromatic heterocycles. The van der Waals surface area contributed by atoms with E-state index in [2.05, 4.69) is 113 Å². The zero-order valence-electron chi connectivity index (χ0n) is 26.4. The van der Waals surface area contributed by atoms with Crippen LogP contribution in [-0.2, 0) is 10.8 Å². The Hall–Kier alpha value is -2.36. The Morgan fingerprint density at radius 3 is 2.23 bits per heavy atom. The van der Waals surface area contributed by atoms with E-state index in [0.717, 1.165) is 12.2 Å². The van der Waals surface area contributed by atoms with Gasteiger partial charge < -0.3 is 23.1 Å². The molecule has 2 aromatic carbocycles. The average molecular weight is 596 g/mol. The highest BCUT2D eigenvalue weighted by Crippen LogP contribution is 2.31. The highest BCUT2D eigenvalue weighted by atomic mass is 28.4. The van der Waals surface area contributed by atoms with Crippen LogP contribution < -0.4 is 14.5 Å². The van der Waals surface area contributed by atoms with E-state index in [0.29, 0.717) is 24.5 Å². The highest BCUT2D eigenvalue weighted by molar-refractivity contribution is 6.75. The third-order valence-corrected chi connectivity index (χ3v) is 10.1. The predicted molar refractivity (Wildman–Crippen MR) is 175 cm³/mol. The zero-order valence-corrected chi connectivity index (χ0v) is 29.4. The monoisotopic (exact) mass is 595 g/mol. The number of nitrogens with one attached hydrogen (secondary N) is 1. The molecule has 40 heavy (non-hydrogen) atoms. The molecular formula is C31H49N3O3Si3. The molecule has 0 bridgehead atoms. The molecule has 6 nitrogen and oxygen atoms in total. The number of aromatic nitrogens is 1. The molecule has 9 heteroatoms. The van der Waals surface area contributed by atoms with Gasteiger partial charge in [0.25, 0.3) is 0 Å². The normalized spacial score (nSPS) is 13.8. The van der Waals surface area contributed by atoms with E-state index in [1.165, 1.54) is 16.5 Å². The van der Waals surface area contributed by atoms with Crippen LogP contribution in [0.3, 0.4) is 0 Å². The summed E-state index contributed by atoms with van der Waals surface area (Å²) in [6.07, 6.45) is 3.13. The minimum absolute atomic E-state index is 0.123. The second-order valence-electron chi connectivity index (χ2n) is 14.3. The maximum absolute atomic E-state index is 9.44. The van der Waals surface area contributed by atoms with Gasteiger partial charge in [-0.3, -0.25) is 0 Å². The van der Waals surface area contributed by atoms with Gasteiger partial charge in [-0.05, 0) is 95.6 Å². The van der Waals surface area contributed by atoms with Gasteiger partial charge in [0.15, 0.2) is 16.6 Å². The summed E-state index contributed by atoms with van der Waals surface area (Å²) in [5, 5.41) is 14.5. The van der Waals surface area contributed by atoms with Crippen molar-refractivity contribution in [1.29, 1.82) is 5.26 Å². The smallest absolute Gasteiger partial charge is 0.242 e. The molecule has 0 aliphatic rings. The van der Waals surface area contributed by atoms with Gasteiger partial charge in [0, 0.05) is 29.1 Å². The van der Waals surface area contributed by atoms with Gasteiger partial charge >= 0.3 is 0 Å². The third kappa shape index (κ3) is 9.35. The summed E-state index contributed by atoms with van der Waals surface area (Å²) >= 11 is 0. The fourth-order valence-corrected chi connectivity index (χ4v) is 8.26. The van der Waals surface area contributed by atoms with Crippen LogP contribution in [0.15, 0.2) is 48.7 Å². The summed E-state index contributed by atoms with van der Waals surface area (Å²) < 4.78 is 21.5. The predicted octanol–water partition coefficient (Wildman–Crippen LogP) is 7.62. The minimum atomic E-state index is -1.82. The number of nitrogens with zero attached hydrogens (tertiary/aromatic N) is 2. The first-order valence-electron chi connectivity index (χ1n) is 14.3. The van der Waals surface area contributed by atoms with Crippen molar-refractivity contribution in [3.8, 4) is 17.6 Å². The molecule has 0 saturated heterocycles. The molecule has 3 rings (SSSR count). The lowest BCUT2D eigenvalue weighted by molar-refractivity contribution is 0.113. The van der Waals surface area contributed by atoms with Crippen molar-refractivity contribution in [2.75, 3.05) is 13.2 Å².